The summed E-state index contributed by atoms with van der Waals surface area (Å²) in [6, 6.07) is 14.9. The zero-order valence-electron chi connectivity index (χ0n) is 9.21. The third-order valence-corrected chi connectivity index (χ3v) is 2.18. The second-order valence-corrected chi connectivity index (χ2v) is 3.42. The standard InChI is InChI=1S/C14H12N2O/c17-14(13-8-4-5-10-16-13)9-11-15-12-6-2-1-3-7-12/h1-11,15H/b11-9-. The minimum absolute atomic E-state index is 0.117. The lowest BCUT2D eigenvalue weighted by molar-refractivity contribution is 0.104. The quantitative estimate of drug-likeness (QED) is 0.641. The molecule has 0 bridgehead atoms. The fraction of sp³-hybridized carbons (Fsp3) is 0. The molecule has 84 valence electrons. The summed E-state index contributed by atoms with van der Waals surface area (Å²) in [5, 5.41) is 3.02. The van der Waals surface area contributed by atoms with Gasteiger partial charge >= 0.3 is 0 Å². The number of rotatable bonds is 4. The van der Waals surface area contributed by atoms with E-state index in [1.165, 1.54) is 6.08 Å². The van der Waals surface area contributed by atoms with Crippen LogP contribution in [-0.4, -0.2) is 10.8 Å². The van der Waals surface area contributed by atoms with Gasteiger partial charge in [-0.05, 0) is 24.3 Å². The average Bonchev–Trinajstić information content (AvgIpc) is 2.41. The van der Waals surface area contributed by atoms with E-state index < -0.39 is 0 Å². The molecular weight excluding hydrogens is 212 g/mol. The van der Waals surface area contributed by atoms with Gasteiger partial charge in [0.1, 0.15) is 5.69 Å². The maximum atomic E-state index is 11.6. The zero-order chi connectivity index (χ0) is 11.9. The Balaban J connectivity index is 1.96. The topological polar surface area (TPSA) is 42.0 Å². The third kappa shape index (κ3) is 3.28. The molecule has 1 heterocycles. The maximum Gasteiger partial charge on any atom is 0.205 e. The van der Waals surface area contributed by atoms with E-state index in [0.29, 0.717) is 5.69 Å². The molecule has 1 N–H and O–H groups in total. The van der Waals surface area contributed by atoms with E-state index in [4.69, 9.17) is 0 Å². The second kappa shape index (κ2) is 5.61. The molecule has 0 saturated carbocycles. The lowest BCUT2D eigenvalue weighted by Crippen LogP contribution is -1.98. The number of anilines is 1. The van der Waals surface area contributed by atoms with Gasteiger partial charge in [0.2, 0.25) is 5.78 Å². The molecular formula is C14H12N2O. The first-order chi connectivity index (χ1) is 8.36. The van der Waals surface area contributed by atoms with Crippen molar-refractivity contribution in [2.75, 3.05) is 5.32 Å². The number of carbonyl (C=O) groups is 1. The molecule has 2 aromatic rings. The summed E-state index contributed by atoms with van der Waals surface area (Å²) in [6.07, 6.45) is 4.69. The van der Waals surface area contributed by atoms with Crippen molar-refractivity contribution in [2.24, 2.45) is 0 Å². The highest BCUT2D eigenvalue weighted by atomic mass is 16.1. The maximum absolute atomic E-state index is 11.6. The molecule has 3 heteroatoms. The number of benzene rings is 1. The van der Waals surface area contributed by atoms with Crippen molar-refractivity contribution in [1.29, 1.82) is 0 Å². The Kier molecular flexibility index (Phi) is 3.65. The largest absolute Gasteiger partial charge is 0.362 e. The van der Waals surface area contributed by atoms with Gasteiger partial charge in [-0.2, -0.15) is 0 Å². The van der Waals surface area contributed by atoms with Crippen molar-refractivity contribution >= 4 is 11.5 Å². The minimum Gasteiger partial charge on any atom is -0.362 e. The van der Waals surface area contributed by atoms with Crippen LogP contribution in [0.25, 0.3) is 0 Å². The van der Waals surface area contributed by atoms with Crippen molar-refractivity contribution in [2.45, 2.75) is 0 Å². The van der Waals surface area contributed by atoms with Crippen molar-refractivity contribution in [3.05, 3.63) is 72.7 Å². The smallest absolute Gasteiger partial charge is 0.205 e. The molecule has 17 heavy (non-hydrogen) atoms. The highest BCUT2D eigenvalue weighted by molar-refractivity contribution is 6.03. The molecule has 0 aliphatic rings. The van der Waals surface area contributed by atoms with Crippen LogP contribution in [0.15, 0.2) is 67.0 Å². The van der Waals surface area contributed by atoms with Gasteiger partial charge < -0.3 is 5.32 Å². The van der Waals surface area contributed by atoms with Crippen molar-refractivity contribution in [3.63, 3.8) is 0 Å². The Morgan fingerprint density at radius 1 is 1.06 bits per heavy atom. The molecule has 3 nitrogen and oxygen atoms in total. The van der Waals surface area contributed by atoms with Crippen LogP contribution in [0.4, 0.5) is 5.69 Å². The third-order valence-electron chi connectivity index (χ3n) is 2.18. The van der Waals surface area contributed by atoms with E-state index in [1.54, 1.807) is 30.6 Å². The van der Waals surface area contributed by atoms with Crippen molar-refractivity contribution < 1.29 is 4.79 Å². The first kappa shape index (κ1) is 11.1. The number of allylic oxidation sites excluding steroid dienone is 1. The van der Waals surface area contributed by atoms with E-state index in [0.717, 1.165) is 5.69 Å². The number of ketones is 1. The van der Waals surface area contributed by atoms with Crippen LogP contribution in [0.1, 0.15) is 10.5 Å². The Labute approximate surface area is 99.8 Å². The van der Waals surface area contributed by atoms with Gasteiger partial charge in [0.25, 0.3) is 0 Å². The van der Waals surface area contributed by atoms with Crippen molar-refractivity contribution in [1.82, 2.24) is 4.98 Å². The normalized spacial score (nSPS) is 10.4. The highest BCUT2D eigenvalue weighted by Gasteiger charge is 2.00. The molecule has 0 radical (unpaired) electrons. The van der Waals surface area contributed by atoms with Gasteiger partial charge in [0.15, 0.2) is 0 Å². The van der Waals surface area contributed by atoms with Crippen LogP contribution in [0.3, 0.4) is 0 Å². The predicted octanol–water partition coefficient (Wildman–Crippen LogP) is 2.89. The number of pyridine rings is 1. The van der Waals surface area contributed by atoms with Gasteiger partial charge in [-0.15, -0.1) is 0 Å². The van der Waals surface area contributed by atoms with Gasteiger partial charge in [-0.3, -0.25) is 9.78 Å². The fourth-order valence-electron chi connectivity index (χ4n) is 1.34. The van der Waals surface area contributed by atoms with Crippen LogP contribution in [0.5, 0.6) is 0 Å². The lowest BCUT2D eigenvalue weighted by atomic mass is 10.2. The average molecular weight is 224 g/mol. The predicted molar refractivity (Wildman–Crippen MR) is 67.8 cm³/mol. The Bertz CT molecular complexity index is 506. The number of hydrogen-bond donors (Lipinski definition) is 1. The second-order valence-electron chi connectivity index (χ2n) is 3.42. The SMILES string of the molecule is O=C(/C=C\Nc1ccccc1)c1ccccn1. The van der Waals surface area contributed by atoms with Gasteiger partial charge in [-0.25, -0.2) is 0 Å². The summed E-state index contributed by atoms with van der Waals surface area (Å²) in [5.74, 6) is -0.117. The highest BCUT2D eigenvalue weighted by Crippen LogP contribution is 2.04. The fourth-order valence-corrected chi connectivity index (χ4v) is 1.34. The van der Waals surface area contributed by atoms with Crippen LogP contribution in [0, 0.1) is 0 Å². The summed E-state index contributed by atoms with van der Waals surface area (Å²) in [5.41, 5.74) is 1.39. The zero-order valence-corrected chi connectivity index (χ0v) is 9.21. The van der Waals surface area contributed by atoms with Crippen LogP contribution < -0.4 is 5.32 Å². The van der Waals surface area contributed by atoms with Crippen LogP contribution in [0.2, 0.25) is 0 Å². The molecule has 0 amide bonds. The number of aromatic nitrogens is 1. The lowest BCUT2D eigenvalue weighted by Gasteiger charge is -1.98. The minimum atomic E-state index is -0.117. The molecule has 0 aliphatic carbocycles. The molecule has 0 unspecified atom stereocenters. The first-order valence-corrected chi connectivity index (χ1v) is 5.30. The number of nitrogens with one attached hydrogen (secondary N) is 1. The summed E-state index contributed by atoms with van der Waals surface area (Å²) in [4.78, 5) is 15.6. The first-order valence-electron chi connectivity index (χ1n) is 5.30. The van der Waals surface area contributed by atoms with Gasteiger partial charge in [0.05, 0.1) is 0 Å². The molecule has 2 rings (SSSR count). The Morgan fingerprint density at radius 3 is 2.53 bits per heavy atom. The summed E-state index contributed by atoms with van der Waals surface area (Å²) in [7, 11) is 0. The molecule has 0 fully saturated rings. The number of hydrogen-bond acceptors (Lipinski definition) is 3. The van der Waals surface area contributed by atoms with Crippen molar-refractivity contribution in [3.8, 4) is 0 Å². The van der Waals surface area contributed by atoms with E-state index in [2.05, 4.69) is 10.3 Å². The molecule has 0 aliphatic heterocycles. The van der Waals surface area contributed by atoms with Crippen LogP contribution in [-0.2, 0) is 0 Å². The number of nitrogens with zero attached hydrogens (tertiary/aromatic N) is 1. The summed E-state index contributed by atoms with van der Waals surface area (Å²) >= 11 is 0. The molecule has 1 aromatic heterocycles. The number of para-hydroxylation sites is 1. The van der Waals surface area contributed by atoms with E-state index in [-0.39, 0.29) is 5.78 Å². The molecule has 0 saturated heterocycles. The van der Waals surface area contributed by atoms with Gasteiger partial charge in [-0.1, -0.05) is 24.3 Å². The Hall–Kier alpha value is -2.42. The molecule has 0 spiro atoms. The summed E-state index contributed by atoms with van der Waals surface area (Å²) in [6.45, 7) is 0. The summed E-state index contributed by atoms with van der Waals surface area (Å²) < 4.78 is 0. The van der Waals surface area contributed by atoms with E-state index in [1.807, 2.05) is 30.3 Å². The molecule has 0 atom stereocenters. The Morgan fingerprint density at radius 2 is 1.82 bits per heavy atom. The number of carbonyl (C=O) groups excluding carboxylic acids is 1. The monoisotopic (exact) mass is 224 g/mol. The van der Waals surface area contributed by atoms with Crippen LogP contribution >= 0.6 is 0 Å². The van der Waals surface area contributed by atoms with E-state index >= 15 is 0 Å². The van der Waals surface area contributed by atoms with Gasteiger partial charge in [0, 0.05) is 24.2 Å². The molecule has 1 aromatic carbocycles. The van der Waals surface area contributed by atoms with E-state index in [9.17, 15) is 4.79 Å².